The van der Waals surface area contributed by atoms with Crippen molar-refractivity contribution in [1.29, 1.82) is 0 Å². The van der Waals surface area contributed by atoms with Gasteiger partial charge in [-0.3, -0.25) is 4.79 Å². The van der Waals surface area contributed by atoms with E-state index >= 15 is 0 Å². The zero-order valence-corrected chi connectivity index (χ0v) is 15.2. The summed E-state index contributed by atoms with van der Waals surface area (Å²) in [6, 6.07) is 9.58. The van der Waals surface area contributed by atoms with Crippen LogP contribution in [0, 0.1) is 12.8 Å². The molecule has 0 radical (unpaired) electrons. The number of ketones is 1. The molecule has 0 unspecified atom stereocenters. The summed E-state index contributed by atoms with van der Waals surface area (Å²) in [4.78, 5) is 17.4. The third-order valence-corrected chi connectivity index (χ3v) is 5.49. The van der Waals surface area contributed by atoms with Crippen molar-refractivity contribution in [2.24, 2.45) is 5.92 Å². The Labute approximate surface area is 153 Å². The second kappa shape index (κ2) is 7.36. The van der Waals surface area contributed by atoms with E-state index in [1.165, 1.54) is 38.5 Å². The standard InChI is InChI=1S/C21H24N4O/c1-15-17(20(26)14-16-8-4-2-3-5-9-16)10-6-12-19(15)25-21-18(23-24-25)11-7-13-22-21/h6-7,10-13,16H,2-5,8-9,14H2,1H3. The monoisotopic (exact) mass is 348 g/mol. The SMILES string of the molecule is Cc1c(C(=O)CC2CCCCCC2)cccc1-n1nnc2cccnc21. The summed E-state index contributed by atoms with van der Waals surface area (Å²) in [7, 11) is 0. The molecule has 3 aromatic rings. The van der Waals surface area contributed by atoms with E-state index in [4.69, 9.17) is 0 Å². The highest BCUT2D eigenvalue weighted by Gasteiger charge is 2.20. The smallest absolute Gasteiger partial charge is 0.183 e. The summed E-state index contributed by atoms with van der Waals surface area (Å²) < 4.78 is 1.73. The number of rotatable bonds is 4. The van der Waals surface area contributed by atoms with E-state index in [9.17, 15) is 4.79 Å². The van der Waals surface area contributed by atoms with E-state index in [0.29, 0.717) is 18.0 Å². The van der Waals surface area contributed by atoms with Gasteiger partial charge in [-0.15, -0.1) is 5.10 Å². The van der Waals surface area contributed by atoms with E-state index in [2.05, 4.69) is 15.3 Å². The maximum Gasteiger partial charge on any atom is 0.183 e. The zero-order chi connectivity index (χ0) is 17.9. The van der Waals surface area contributed by atoms with Crippen LogP contribution in [0.15, 0.2) is 36.5 Å². The highest BCUT2D eigenvalue weighted by Crippen LogP contribution is 2.28. The predicted octanol–water partition coefficient (Wildman–Crippen LogP) is 4.67. The Morgan fingerprint density at radius 2 is 1.92 bits per heavy atom. The van der Waals surface area contributed by atoms with Crippen LogP contribution in [-0.2, 0) is 0 Å². The molecular weight excluding hydrogens is 324 g/mol. The molecule has 0 spiro atoms. The van der Waals surface area contributed by atoms with Gasteiger partial charge in [0.2, 0.25) is 0 Å². The van der Waals surface area contributed by atoms with Gasteiger partial charge in [0, 0.05) is 18.2 Å². The number of carbonyl (C=O) groups is 1. The van der Waals surface area contributed by atoms with Gasteiger partial charge in [0.1, 0.15) is 5.52 Å². The summed E-state index contributed by atoms with van der Waals surface area (Å²) in [5, 5.41) is 8.43. The fraction of sp³-hybridized carbons (Fsp3) is 0.429. The normalized spacial score (nSPS) is 15.9. The number of Topliss-reactive ketones (excluding diaryl/α,β-unsaturated/α-hetero) is 1. The Kier molecular flexibility index (Phi) is 4.78. The largest absolute Gasteiger partial charge is 0.294 e. The lowest BCUT2D eigenvalue weighted by Gasteiger charge is -2.15. The fourth-order valence-electron chi connectivity index (χ4n) is 4.02. The maximum absolute atomic E-state index is 13.0. The lowest BCUT2D eigenvalue weighted by molar-refractivity contribution is 0.0956. The highest BCUT2D eigenvalue weighted by molar-refractivity contribution is 5.98. The van der Waals surface area contributed by atoms with Crippen molar-refractivity contribution >= 4 is 16.9 Å². The summed E-state index contributed by atoms with van der Waals surface area (Å²) >= 11 is 0. The van der Waals surface area contributed by atoms with Crippen molar-refractivity contribution in [3.8, 4) is 5.69 Å². The van der Waals surface area contributed by atoms with Crippen LogP contribution in [0.5, 0.6) is 0 Å². The van der Waals surface area contributed by atoms with Gasteiger partial charge in [-0.2, -0.15) is 4.68 Å². The van der Waals surface area contributed by atoms with Crippen LogP contribution in [0.2, 0.25) is 0 Å². The minimum Gasteiger partial charge on any atom is -0.294 e. The second-order valence-electron chi connectivity index (χ2n) is 7.28. The Balaban J connectivity index is 1.64. The molecule has 5 heteroatoms. The molecule has 134 valence electrons. The van der Waals surface area contributed by atoms with E-state index < -0.39 is 0 Å². The van der Waals surface area contributed by atoms with Crippen LogP contribution < -0.4 is 0 Å². The first-order valence-electron chi connectivity index (χ1n) is 9.53. The zero-order valence-electron chi connectivity index (χ0n) is 15.2. The van der Waals surface area contributed by atoms with Crippen LogP contribution in [0.4, 0.5) is 0 Å². The van der Waals surface area contributed by atoms with E-state index in [0.717, 1.165) is 22.3 Å². The molecule has 1 saturated carbocycles. The summed E-state index contributed by atoms with van der Waals surface area (Å²) in [5.74, 6) is 0.774. The Morgan fingerprint density at radius 1 is 1.12 bits per heavy atom. The molecule has 0 atom stereocenters. The number of hydrogen-bond acceptors (Lipinski definition) is 4. The van der Waals surface area contributed by atoms with Crippen LogP contribution in [-0.4, -0.2) is 25.8 Å². The molecule has 1 aliphatic carbocycles. The first-order chi connectivity index (χ1) is 12.7. The van der Waals surface area contributed by atoms with Gasteiger partial charge in [-0.25, -0.2) is 4.98 Å². The fourth-order valence-corrected chi connectivity index (χ4v) is 4.02. The number of benzene rings is 1. The number of aromatic nitrogens is 4. The lowest BCUT2D eigenvalue weighted by atomic mass is 9.90. The number of nitrogens with zero attached hydrogens (tertiary/aromatic N) is 4. The molecule has 0 bridgehead atoms. The first-order valence-corrected chi connectivity index (χ1v) is 9.53. The third kappa shape index (κ3) is 3.26. The molecule has 1 fully saturated rings. The van der Waals surface area contributed by atoms with Crippen LogP contribution in [0.3, 0.4) is 0 Å². The van der Waals surface area contributed by atoms with Gasteiger partial charge >= 0.3 is 0 Å². The number of carbonyl (C=O) groups excluding carboxylic acids is 1. The molecule has 2 heterocycles. The maximum atomic E-state index is 13.0. The Bertz CT molecular complexity index is 923. The quantitative estimate of drug-likeness (QED) is 0.508. The van der Waals surface area contributed by atoms with Crippen molar-refractivity contribution in [2.45, 2.75) is 51.9 Å². The average Bonchev–Trinajstić information content (AvgIpc) is 2.91. The van der Waals surface area contributed by atoms with Gasteiger partial charge in [0.25, 0.3) is 0 Å². The summed E-state index contributed by atoms with van der Waals surface area (Å²) in [6.45, 7) is 1.99. The number of hydrogen-bond donors (Lipinski definition) is 0. The molecule has 0 amide bonds. The second-order valence-corrected chi connectivity index (χ2v) is 7.28. The van der Waals surface area contributed by atoms with Crippen molar-refractivity contribution in [1.82, 2.24) is 20.0 Å². The minimum absolute atomic E-state index is 0.244. The Morgan fingerprint density at radius 3 is 2.73 bits per heavy atom. The van der Waals surface area contributed by atoms with Crippen LogP contribution in [0.1, 0.15) is 60.9 Å². The van der Waals surface area contributed by atoms with Gasteiger partial charge < -0.3 is 0 Å². The molecule has 26 heavy (non-hydrogen) atoms. The van der Waals surface area contributed by atoms with E-state index in [1.54, 1.807) is 10.9 Å². The van der Waals surface area contributed by atoms with Gasteiger partial charge in [-0.1, -0.05) is 55.9 Å². The average molecular weight is 348 g/mol. The van der Waals surface area contributed by atoms with Crippen molar-refractivity contribution in [2.75, 3.05) is 0 Å². The van der Waals surface area contributed by atoms with Crippen molar-refractivity contribution in [3.05, 3.63) is 47.7 Å². The summed E-state index contributed by atoms with van der Waals surface area (Å²) in [5.41, 5.74) is 4.08. The predicted molar refractivity (Wildman–Crippen MR) is 102 cm³/mol. The molecule has 0 aliphatic heterocycles. The van der Waals surface area contributed by atoms with E-state index in [1.807, 2.05) is 37.3 Å². The molecule has 2 aromatic heterocycles. The molecular formula is C21H24N4O. The van der Waals surface area contributed by atoms with Crippen molar-refractivity contribution < 1.29 is 4.79 Å². The van der Waals surface area contributed by atoms with Gasteiger partial charge in [0.05, 0.1) is 5.69 Å². The molecule has 5 nitrogen and oxygen atoms in total. The first kappa shape index (κ1) is 16.9. The van der Waals surface area contributed by atoms with Crippen LogP contribution >= 0.6 is 0 Å². The number of fused-ring (bicyclic) bond motifs is 1. The van der Waals surface area contributed by atoms with Gasteiger partial charge in [0.15, 0.2) is 11.4 Å². The lowest BCUT2D eigenvalue weighted by Crippen LogP contribution is -2.11. The van der Waals surface area contributed by atoms with Crippen molar-refractivity contribution in [3.63, 3.8) is 0 Å². The summed E-state index contributed by atoms with van der Waals surface area (Å²) in [6.07, 6.45) is 9.89. The number of pyridine rings is 1. The Hall–Kier alpha value is -2.56. The van der Waals surface area contributed by atoms with Gasteiger partial charge in [-0.05, 0) is 36.6 Å². The molecule has 4 rings (SSSR count). The third-order valence-electron chi connectivity index (χ3n) is 5.49. The molecule has 0 N–H and O–H groups in total. The minimum atomic E-state index is 0.244. The molecule has 1 aliphatic rings. The van der Waals surface area contributed by atoms with E-state index in [-0.39, 0.29) is 5.78 Å². The molecule has 0 saturated heterocycles. The topological polar surface area (TPSA) is 60.7 Å². The highest BCUT2D eigenvalue weighted by atomic mass is 16.1. The molecule has 1 aromatic carbocycles. The van der Waals surface area contributed by atoms with Crippen LogP contribution in [0.25, 0.3) is 16.9 Å².